The summed E-state index contributed by atoms with van der Waals surface area (Å²) in [5, 5.41) is 11.4. The van der Waals surface area contributed by atoms with Gasteiger partial charge >= 0.3 is 11.5 Å². The van der Waals surface area contributed by atoms with E-state index >= 15 is 0 Å². The number of thiol groups is 1. The molecule has 0 spiro atoms. The summed E-state index contributed by atoms with van der Waals surface area (Å²) in [4.78, 5) is 52.3. The van der Waals surface area contributed by atoms with Gasteiger partial charge in [-0.25, -0.2) is 4.79 Å². The Morgan fingerprint density at radius 2 is 1.71 bits per heavy atom. The molecular weight excluding hydrogens is 560 g/mol. The van der Waals surface area contributed by atoms with Crippen molar-refractivity contribution in [2.75, 3.05) is 6.54 Å². The minimum absolute atomic E-state index is 0.0213. The lowest BCUT2D eigenvalue weighted by Gasteiger charge is -2.32. The molecule has 4 N–H and O–H groups in total. The van der Waals surface area contributed by atoms with Gasteiger partial charge in [-0.2, -0.15) is 0 Å². The molecule has 0 radical (unpaired) electrons. The van der Waals surface area contributed by atoms with E-state index in [-0.39, 0.29) is 41.2 Å². The van der Waals surface area contributed by atoms with Crippen LogP contribution >= 0.6 is 0 Å². The van der Waals surface area contributed by atoms with E-state index in [0.717, 1.165) is 17.6 Å². The molecular formula is C30H47N4O7S+. The zero-order valence-electron chi connectivity index (χ0n) is 25.7. The third kappa shape index (κ3) is 11.4. The van der Waals surface area contributed by atoms with Crippen molar-refractivity contribution >= 4 is 35.9 Å². The van der Waals surface area contributed by atoms with E-state index in [9.17, 15) is 19.2 Å². The van der Waals surface area contributed by atoms with Crippen LogP contribution in [-0.4, -0.2) is 65.6 Å². The van der Waals surface area contributed by atoms with Gasteiger partial charge in [-0.1, -0.05) is 51.1 Å². The summed E-state index contributed by atoms with van der Waals surface area (Å²) < 4.78 is 16.9. The molecule has 0 bridgehead atoms. The van der Waals surface area contributed by atoms with Crippen LogP contribution in [0.1, 0.15) is 73.3 Å². The first-order valence-electron chi connectivity index (χ1n) is 14.5. The Balaban J connectivity index is 1.73. The largest absolute Gasteiger partial charge is 0.445 e. The molecule has 4 amide bonds. The van der Waals surface area contributed by atoms with Crippen LogP contribution < -0.4 is 21.3 Å². The standard InChI is InChI=1S/C30H46N4O7S/c1-18(40-30(5,6)7)23(34-28(38)39-17-19-11-9-8-10-12-19)26(37)33-22(16-29(2,3)4)25(36)32-21(27-41-42-27)15-20-13-14-31-24(20)35/h8-12,18,20-23,27H,13-17H2,1-7H3,(H,31,35)(H,32,36)(H,33,37)(H,34,38)/p+1/t18-,20+,21+,22+,23+,27+/m1/s1. The van der Waals surface area contributed by atoms with Crippen molar-refractivity contribution in [1.82, 2.24) is 21.3 Å². The summed E-state index contributed by atoms with van der Waals surface area (Å²) in [6, 6.07) is 6.81. The minimum atomic E-state index is -1.13. The van der Waals surface area contributed by atoms with Gasteiger partial charge in [0.1, 0.15) is 24.7 Å². The quantitative estimate of drug-likeness (QED) is 0.153. The first kappa shape index (κ1) is 33.7. The molecule has 2 aliphatic rings. The van der Waals surface area contributed by atoms with Crippen LogP contribution in [0.15, 0.2) is 30.3 Å². The number of nitrogens with one attached hydrogen (secondary N) is 4. The van der Waals surface area contributed by atoms with Gasteiger partial charge < -0.3 is 30.7 Å². The first-order chi connectivity index (χ1) is 19.6. The highest BCUT2D eigenvalue weighted by Crippen LogP contribution is 2.27. The second-order valence-electron chi connectivity index (χ2n) is 13.2. The number of alkyl carbamates (subject to hydrolysis) is 1. The van der Waals surface area contributed by atoms with Crippen molar-refractivity contribution in [3.8, 4) is 0 Å². The summed E-state index contributed by atoms with van der Waals surface area (Å²) in [5.74, 6) is -1.16. The number of hydrogen-bond acceptors (Lipinski definition) is 7. The number of carbonyl (C=O) groups is 4. The maximum Gasteiger partial charge on any atom is 0.408 e. The van der Waals surface area contributed by atoms with Gasteiger partial charge in [0.25, 0.3) is 0 Å². The molecule has 2 aliphatic heterocycles. The van der Waals surface area contributed by atoms with E-state index in [2.05, 4.69) is 21.3 Å². The van der Waals surface area contributed by atoms with Crippen LogP contribution in [0.4, 0.5) is 4.79 Å². The number of amides is 4. The summed E-state index contributed by atoms with van der Waals surface area (Å²) in [6.07, 6.45) is -0.0142. The SMILES string of the molecule is C[C@@H](OC(C)(C)C)[C@H](NC(=O)OCc1ccccc1)C(=O)N[C@@H](CC(C)(C)C)C(=O)N[C@@H](C[C@@H]1CCNC1=O)[C@H]1O[SH+]1. The van der Waals surface area contributed by atoms with Crippen LogP contribution in [0, 0.1) is 11.3 Å². The molecule has 3 rings (SSSR count). The van der Waals surface area contributed by atoms with Crippen molar-refractivity contribution < 1.29 is 32.8 Å². The van der Waals surface area contributed by atoms with Crippen LogP contribution in [0.3, 0.4) is 0 Å². The van der Waals surface area contributed by atoms with Gasteiger partial charge in [-0.05, 0) is 57.9 Å². The van der Waals surface area contributed by atoms with E-state index < -0.39 is 35.8 Å². The normalized spacial score (nSPS) is 21.4. The highest BCUT2D eigenvalue weighted by atomic mass is 32.2. The van der Waals surface area contributed by atoms with E-state index in [4.69, 9.17) is 13.7 Å². The average Bonchev–Trinajstić information content (AvgIpc) is 3.66. The lowest BCUT2D eigenvalue weighted by molar-refractivity contribution is -0.136. The van der Waals surface area contributed by atoms with Gasteiger partial charge in [-0.15, -0.1) is 4.18 Å². The molecule has 1 aromatic carbocycles. The van der Waals surface area contributed by atoms with Gasteiger partial charge in [-0.3, -0.25) is 14.4 Å². The molecule has 42 heavy (non-hydrogen) atoms. The second-order valence-corrected chi connectivity index (χ2v) is 14.1. The van der Waals surface area contributed by atoms with E-state index in [0.29, 0.717) is 25.8 Å². The van der Waals surface area contributed by atoms with Crippen molar-refractivity contribution in [2.24, 2.45) is 11.3 Å². The maximum atomic E-state index is 13.7. The molecule has 6 atom stereocenters. The summed E-state index contributed by atoms with van der Waals surface area (Å²) in [7, 11) is 0. The van der Waals surface area contributed by atoms with Crippen molar-refractivity contribution in [1.29, 1.82) is 0 Å². The monoisotopic (exact) mass is 607 g/mol. The molecule has 0 unspecified atom stereocenters. The topological polar surface area (TPSA) is 147 Å². The third-order valence-corrected chi connectivity index (χ3v) is 7.64. The molecule has 2 heterocycles. The van der Waals surface area contributed by atoms with Gasteiger partial charge in [0.2, 0.25) is 17.7 Å². The zero-order valence-corrected chi connectivity index (χ0v) is 26.6. The molecule has 0 aliphatic carbocycles. The summed E-state index contributed by atoms with van der Waals surface area (Å²) in [5.41, 5.74) is -0.297. The highest BCUT2D eigenvalue weighted by molar-refractivity contribution is 7.80. The summed E-state index contributed by atoms with van der Waals surface area (Å²) in [6.45, 7) is 13.8. The molecule has 0 saturated carbocycles. The Bertz CT molecular complexity index is 1090. The predicted octanol–water partition coefficient (Wildman–Crippen LogP) is 2.50. The fraction of sp³-hybridized carbons (Fsp3) is 0.667. The number of ether oxygens (including phenoxy) is 2. The summed E-state index contributed by atoms with van der Waals surface area (Å²) >= 11 is 0.757. The van der Waals surface area contributed by atoms with Crippen LogP contribution in [0.25, 0.3) is 0 Å². The lowest BCUT2D eigenvalue weighted by Crippen LogP contribution is -2.59. The molecule has 2 saturated heterocycles. The van der Waals surface area contributed by atoms with Crippen molar-refractivity contribution in [2.45, 2.75) is 110 Å². The van der Waals surface area contributed by atoms with Gasteiger partial charge in [0.15, 0.2) is 12.0 Å². The first-order valence-corrected chi connectivity index (χ1v) is 15.4. The molecule has 12 heteroatoms. The van der Waals surface area contributed by atoms with Gasteiger partial charge in [0, 0.05) is 12.5 Å². The Morgan fingerprint density at radius 1 is 1.05 bits per heavy atom. The van der Waals surface area contributed by atoms with E-state index in [1.807, 2.05) is 71.9 Å². The number of hydrogen-bond donors (Lipinski definition) is 4. The van der Waals surface area contributed by atoms with E-state index in [1.54, 1.807) is 6.92 Å². The van der Waals surface area contributed by atoms with Crippen LogP contribution in [0.2, 0.25) is 0 Å². The molecule has 11 nitrogen and oxygen atoms in total. The highest BCUT2D eigenvalue weighted by Gasteiger charge is 2.49. The fourth-order valence-electron chi connectivity index (χ4n) is 4.89. The zero-order chi connectivity index (χ0) is 31.1. The average molecular weight is 608 g/mol. The Labute approximate surface area is 253 Å². The van der Waals surface area contributed by atoms with Gasteiger partial charge in [0.05, 0.1) is 11.7 Å². The van der Waals surface area contributed by atoms with Crippen LogP contribution in [0.5, 0.6) is 0 Å². The molecule has 1 aromatic rings. The molecule has 234 valence electrons. The predicted molar refractivity (Wildman–Crippen MR) is 161 cm³/mol. The second kappa shape index (κ2) is 14.6. The lowest BCUT2D eigenvalue weighted by atomic mass is 9.87. The van der Waals surface area contributed by atoms with Crippen LogP contribution in [-0.2, 0) is 46.7 Å². The number of carbonyl (C=O) groups excluding carboxylic acids is 4. The Hall–Kier alpha value is -2.83. The Kier molecular flexibility index (Phi) is 11.7. The van der Waals surface area contributed by atoms with E-state index in [1.165, 1.54) is 0 Å². The smallest absolute Gasteiger partial charge is 0.408 e. The number of rotatable bonds is 13. The minimum Gasteiger partial charge on any atom is -0.445 e. The van der Waals surface area contributed by atoms with Crippen molar-refractivity contribution in [3.63, 3.8) is 0 Å². The fourth-order valence-corrected chi connectivity index (χ4v) is 5.45. The molecule has 2 fully saturated rings. The maximum absolute atomic E-state index is 13.7. The third-order valence-electron chi connectivity index (χ3n) is 6.83. The number of benzene rings is 1. The van der Waals surface area contributed by atoms with Crippen molar-refractivity contribution in [3.05, 3.63) is 35.9 Å². The Morgan fingerprint density at radius 3 is 2.26 bits per heavy atom. The molecule has 0 aromatic heterocycles.